The van der Waals surface area contributed by atoms with E-state index in [2.05, 4.69) is 37.7 Å². The number of hydrogen-bond donors (Lipinski definition) is 0. The third-order valence-electron chi connectivity index (χ3n) is 2.82. The minimum atomic E-state index is -0.319. The summed E-state index contributed by atoms with van der Waals surface area (Å²) in [5.41, 5.74) is 1.35. The van der Waals surface area contributed by atoms with Crippen molar-refractivity contribution in [3.8, 4) is 0 Å². The summed E-state index contributed by atoms with van der Waals surface area (Å²) in [5.74, 6) is 0.284. The zero-order valence-electron chi connectivity index (χ0n) is 12.1. The van der Waals surface area contributed by atoms with Crippen molar-refractivity contribution in [2.75, 3.05) is 7.11 Å². The second-order valence-corrected chi connectivity index (χ2v) is 4.47. The quantitative estimate of drug-likeness (QED) is 0.362. The number of unbranched alkanes of at least 4 members (excludes halogenated alkanes) is 1. The van der Waals surface area contributed by atoms with Gasteiger partial charge in [-0.15, -0.1) is 0 Å². The van der Waals surface area contributed by atoms with Gasteiger partial charge in [0.2, 0.25) is 0 Å². The molecule has 1 unspecified atom stereocenters. The maximum atomic E-state index is 10.9. The van der Waals surface area contributed by atoms with Gasteiger partial charge in [-0.25, -0.2) is 4.79 Å². The maximum Gasteiger partial charge on any atom is 0.330 e. The standard InChI is InChI=1S/C16H26O2/c1-5-7-10-15(13-14(3)6-2)11-8-9-12-16(17)18-4/h8-9,11-14H,5-7,10H2,1-4H3/b11-8+,12-9+,15-13-. The fraction of sp³-hybridized carbons (Fsp3) is 0.562. The van der Waals surface area contributed by atoms with Gasteiger partial charge in [-0.2, -0.15) is 0 Å². The Labute approximate surface area is 111 Å². The lowest BCUT2D eigenvalue weighted by atomic mass is 10.0. The monoisotopic (exact) mass is 250 g/mol. The van der Waals surface area contributed by atoms with Crippen molar-refractivity contribution in [2.24, 2.45) is 5.92 Å². The fourth-order valence-electron chi connectivity index (χ4n) is 1.47. The van der Waals surface area contributed by atoms with Crippen LogP contribution in [0, 0.1) is 5.92 Å². The Morgan fingerprint density at radius 2 is 1.89 bits per heavy atom. The first-order chi connectivity index (χ1) is 8.63. The molecule has 0 N–H and O–H groups in total. The molecule has 0 bridgehead atoms. The van der Waals surface area contributed by atoms with Crippen LogP contribution in [0.2, 0.25) is 0 Å². The summed E-state index contributed by atoms with van der Waals surface area (Å²) in [6.45, 7) is 6.62. The minimum Gasteiger partial charge on any atom is -0.466 e. The summed E-state index contributed by atoms with van der Waals surface area (Å²) in [7, 11) is 1.38. The van der Waals surface area contributed by atoms with Crippen molar-refractivity contribution in [3.05, 3.63) is 36.0 Å². The molecule has 0 saturated heterocycles. The maximum absolute atomic E-state index is 10.9. The van der Waals surface area contributed by atoms with Crippen LogP contribution in [0.5, 0.6) is 0 Å². The molecule has 0 amide bonds. The van der Waals surface area contributed by atoms with Crippen LogP contribution in [-0.4, -0.2) is 13.1 Å². The van der Waals surface area contributed by atoms with Crippen LogP contribution in [0.25, 0.3) is 0 Å². The molecule has 0 heterocycles. The van der Waals surface area contributed by atoms with Gasteiger partial charge in [-0.05, 0) is 18.8 Å². The lowest BCUT2D eigenvalue weighted by molar-refractivity contribution is -0.134. The zero-order chi connectivity index (χ0) is 13.8. The van der Waals surface area contributed by atoms with Gasteiger partial charge in [0.05, 0.1) is 7.11 Å². The van der Waals surface area contributed by atoms with Crippen molar-refractivity contribution >= 4 is 5.97 Å². The van der Waals surface area contributed by atoms with E-state index in [-0.39, 0.29) is 5.97 Å². The number of hydrogen-bond acceptors (Lipinski definition) is 2. The van der Waals surface area contributed by atoms with Gasteiger partial charge >= 0.3 is 5.97 Å². The smallest absolute Gasteiger partial charge is 0.330 e. The predicted octanol–water partition coefficient (Wildman–Crippen LogP) is 4.43. The molecule has 0 aromatic rings. The van der Waals surface area contributed by atoms with Crippen LogP contribution in [0.1, 0.15) is 46.5 Å². The summed E-state index contributed by atoms with van der Waals surface area (Å²) < 4.78 is 4.53. The molecule has 102 valence electrons. The molecule has 0 saturated carbocycles. The molecular formula is C16H26O2. The number of esters is 1. The summed E-state index contributed by atoms with van der Waals surface area (Å²) in [6.07, 6.45) is 14.1. The number of rotatable bonds is 8. The van der Waals surface area contributed by atoms with Crippen LogP contribution in [0.3, 0.4) is 0 Å². The summed E-state index contributed by atoms with van der Waals surface area (Å²) in [6, 6.07) is 0. The predicted molar refractivity (Wildman–Crippen MR) is 77.4 cm³/mol. The van der Waals surface area contributed by atoms with E-state index < -0.39 is 0 Å². The normalized spacial score (nSPS) is 14.3. The molecule has 0 fully saturated rings. The van der Waals surface area contributed by atoms with E-state index >= 15 is 0 Å². The Morgan fingerprint density at radius 1 is 1.22 bits per heavy atom. The Hall–Kier alpha value is -1.31. The van der Waals surface area contributed by atoms with Gasteiger partial charge in [0.1, 0.15) is 0 Å². The van der Waals surface area contributed by atoms with E-state index in [0.29, 0.717) is 5.92 Å². The lowest BCUT2D eigenvalue weighted by Gasteiger charge is -2.05. The second kappa shape index (κ2) is 10.8. The fourth-order valence-corrected chi connectivity index (χ4v) is 1.47. The molecule has 1 atom stereocenters. The van der Waals surface area contributed by atoms with E-state index in [1.807, 2.05) is 6.08 Å². The van der Waals surface area contributed by atoms with Crippen molar-refractivity contribution in [1.82, 2.24) is 0 Å². The Bertz CT molecular complexity index is 311. The topological polar surface area (TPSA) is 26.3 Å². The highest BCUT2D eigenvalue weighted by Gasteiger charge is 1.97. The first-order valence-electron chi connectivity index (χ1n) is 6.77. The lowest BCUT2D eigenvalue weighted by Crippen LogP contribution is -1.92. The van der Waals surface area contributed by atoms with E-state index in [4.69, 9.17) is 0 Å². The Balaban J connectivity index is 4.48. The highest BCUT2D eigenvalue weighted by atomic mass is 16.5. The molecule has 2 heteroatoms. The van der Waals surface area contributed by atoms with Crippen molar-refractivity contribution in [1.29, 1.82) is 0 Å². The first kappa shape index (κ1) is 16.7. The third-order valence-corrected chi connectivity index (χ3v) is 2.82. The van der Waals surface area contributed by atoms with E-state index in [1.165, 1.54) is 31.6 Å². The Morgan fingerprint density at radius 3 is 2.44 bits per heavy atom. The molecule has 2 nitrogen and oxygen atoms in total. The minimum absolute atomic E-state index is 0.319. The SMILES string of the molecule is CCCCC(=C/C(C)CC)/C=C/C=C/C(=O)OC. The van der Waals surface area contributed by atoms with Crippen LogP contribution in [0.4, 0.5) is 0 Å². The average Bonchev–Trinajstić information content (AvgIpc) is 2.39. The van der Waals surface area contributed by atoms with Gasteiger partial charge < -0.3 is 4.74 Å². The van der Waals surface area contributed by atoms with Crippen LogP contribution in [-0.2, 0) is 9.53 Å². The Kier molecular flexibility index (Phi) is 10.0. The molecular weight excluding hydrogens is 224 g/mol. The van der Waals surface area contributed by atoms with Crippen LogP contribution < -0.4 is 0 Å². The number of ether oxygens (including phenoxy) is 1. The number of methoxy groups -OCH3 is 1. The van der Waals surface area contributed by atoms with Gasteiger partial charge in [-0.3, -0.25) is 0 Å². The first-order valence-corrected chi connectivity index (χ1v) is 6.77. The van der Waals surface area contributed by atoms with Gasteiger partial charge in [0, 0.05) is 6.08 Å². The molecule has 0 rings (SSSR count). The highest BCUT2D eigenvalue weighted by Crippen LogP contribution is 2.14. The van der Waals surface area contributed by atoms with Crippen molar-refractivity contribution in [2.45, 2.75) is 46.5 Å². The van der Waals surface area contributed by atoms with Gasteiger partial charge in [0.15, 0.2) is 0 Å². The van der Waals surface area contributed by atoms with Crippen LogP contribution in [0.15, 0.2) is 36.0 Å². The molecule has 0 aliphatic heterocycles. The highest BCUT2D eigenvalue weighted by molar-refractivity contribution is 5.82. The van der Waals surface area contributed by atoms with Gasteiger partial charge in [-0.1, -0.05) is 63.5 Å². The van der Waals surface area contributed by atoms with Gasteiger partial charge in [0.25, 0.3) is 0 Å². The molecule has 0 aliphatic carbocycles. The van der Waals surface area contributed by atoms with E-state index in [9.17, 15) is 4.79 Å². The number of carbonyl (C=O) groups excluding carboxylic acids is 1. The third kappa shape index (κ3) is 8.80. The molecule has 18 heavy (non-hydrogen) atoms. The molecule has 0 radical (unpaired) electrons. The number of allylic oxidation sites excluding steroid dienone is 5. The molecule has 0 aromatic heterocycles. The second-order valence-electron chi connectivity index (χ2n) is 4.47. The summed E-state index contributed by atoms with van der Waals surface area (Å²) in [4.78, 5) is 10.9. The average molecular weight is 250 g/mol. The van der Waals surface area contributed by atoms with Crippen molar-refractivity contribution in [3.63, 3.8) is 0 Å². The van der Waals surface area contributed by atoms with E-state index in [1.54, 1.807) is 6.08 Å². The molecule has 0 spiro atoms. The number of carbonyl (C=O) groups is 1. The summed E-state index contributed by atoms with van der Waals surface area (Å²) >= 11 is 0. The summed E-state index contributed by atoms with van der Waals surface area (Å²) in [5, 5.41) is 0. The van der Waals surface area contributed by atoms with Crippen LogP contribution >= 0.6 is 0 Å². The zero-order valence-corrected chi connectivity index (χ0v) is 12.1. The van der Waals surface area contributed by atoms with Crippen molar-refractivity contribution < 1.29 is 9.53 Å². The molecule has 0 aliphatic rings. The molecule has 0 aromatic carbocycles. The van der Waals surface area contributed by atoms with E-state index in [0.717, 1.165) is 12.8 Å². The largest absolute Gasteiger partial charge is 0.466 e.